The van der Waals surface area contributed by atoms with Crippen molar-refractivity contribution in [2.75, 3.05) is 7.11 Å². The van der Waals surface area contributed by atoms with Crippen molar-refractivity contribution in [3.63, 3.8) is 0 Å². The minimum Gasteiger partial charge on any atom is -0.495 e. The third-order valence-corrected chi connectivity index (χ3v) is 5.52. The first kappa shape index (κ1) is 21.5. The number of ether oxygens (including phenoxy) is 2. The molecule has 2 aromatic rings. The molecule has 2 aromatic carbocycles. The summed E-state index contributed by atoms with van der Waals surface area (Å²) >= 11 is 3.59. The van der Waals surface area contributed by atoms with Crippen LogP contribution in [0.25, 0.3) is 17.2 Å². The molecule has 1 heterocycles. The van der Waals surface area contributed by atoms with E-state index in [4.69, 9.17) is 9.47 Å². The SMILES string of the molecule is COc1c(Br)cc(C(C)C)c(/C=C/[C@@H]2C[C@@H](O)CC(=O)O2)c1-c1ccc(F)cc1. The Labute approximate surface area is 178 Å². The van der Waals surface area contributed by atoms with Gasteiger partial charge in [0, 0.05) is 12.0 Å². The van der Waals surface area contributed by atoms with Gasteiger partial charge in [0.05, 0.1) is 24.1 Å². The van der Waals surface area contributed by atoms with Gasteiger partial charge in [0.2, 0.25) is 0 Å². The Hall–Kier alpha value is -2.18. The van der Waals surface area contributed by atoms with E-state index in [9.17, 15) is 14.3 Å². The van der Waals surface area contributed by atoms with Crippen molar-refractivity contribution < 1.29 is 23.8 Å². The molecule has 154 valence electrons. The first-order valence-electron chi connectivity index (χ1n) is 9.52. The topological polar surface area (TPSA) is 55.8 Å². The molecule has 0 bridgehead atoms. The lowest BCUT2D eigenvalue weighted by molar-refractivity contribution is -0.156. The molecule has 1 aliphatic rings. The normalized spacial score (nSPS) is 19.6. The molecular formula is C23H24BrFO4. The Bertz CT molecular complexity index is 921. The number of halogens is 2. The maximum atomic E-state index is 13.5. The number of hydrogen-bond acceptors (Lipinski definition) is 4. The molecule has 0 aliphatic carbocycles. The third-order valence-electron chi connectivity index (χ3n) is 4.93. The van der Waals surface area contributed by atoms with Crippen LogP contribution in [0, 0.1) is 5.82 Å². The Morgan fingerprint density at radius 2 is 2.00 bits per heavy atom. The van der Waals surface area contributed by atoms with Gasteiger partial charge in [-0.2, -0.15) is 0 Å². The predicted molar refractivity (Wildman–Crippen MR) is 114 cm³/mol. The molecule has 1 saturated heterocycles. The fourth-order valence-electron chi connectivity index (χ4n) is 3.56. The Morgan fingerprint density at radius 1 is 1.31 bits per heavy atom. The predicted octanol–water partition coefficient (Wildman–Crippen LogP) is 5.47. The minimum absolute atomic E-state index is 0.0223. The van der Waals surface area contributed by atoms with Gasteiger partial charge in [0.15, 0.2) is 0 Å². The van der Waals surface area contributed by atoms with Crippen LogP contribution in [0.5, 0.6) is 5.75 Å². The number of hydrogen-bond donors (Lipinski definition) is 1. The van der Waals surface area contributed by atoms with Crippen LogP contribution in [-0.2, 0) is 9.53 Å². The maximum absolute atomic E-state index is 13.5. The highest BCUT2D eigenvalue weighted by atomic mass is 79.9. The minimum atomic E-state index is -0.702. The smallest absolute Gasteiger partial charge is 0.309 e. The second-order valence-electron chi connectivity index (χ2n) is 7.41. The van der Waals surface area contributed by atoms with Gasteiger partial charge in [-0.15, -0.1) is 0 Å². The second-order valence-corrected chi connectivity index (χ2v) is 8.27. The number of cyclic esters (lactones) is 1. The van der Waals surface area contributed by atoms with Gasteiger partial charge in [-0.25, -0.2) is 4.39 Å². The molecule has 1 aliphatic heterocycles. The van der Waals surface area contributed by atoms with Gasteiger partial charge < -0.3 is 14.6 Å². The van der Waals surface area contributed by atoms with Crippen molar-refractivity contribution in [3.8, 4) is 16.9 Å². The van der Waals surface area contributed by atoms with Gasteiger partial charge in [0.25, 0.3) is 0 Å². The van der Waals surface area contributed by atoms with E-state index in [1.165, 1.54) is 12.1 Å². The van der Waals surface area contributed by atoms with Gasteiger partial charge in [-0.05, 0) is 62.8 Å². The summed E-state index contributed by atoms with van der Waals surface area (Å²) in [6, 6.07) is 8.27. The van der Waals surface area contributed by atoms with E-state index < -0.39 is 18.2 Å². The average molecular weight is 463 g/mol. The first-order valence-corrected chi connectivity index (χ1v) is 10.3. The zero-order valence-corrected chi connectivity index (χ0v) is 18.2. The molecule has 0 unspecified atom stereocenters. The monoisotopic (exact) mass is 462 g/mol. The molecule has 2 atom stereocenters. The standard InChI is InChI=1S/C23H24BrFO4/c1-13(2)19-12-20(24)23(28-3)22(14-4-6-15(25)7-5-14)18(19)9-8-17-10-16(26)11-21(27)29-17/h4-9,12-13,16-17,26H,10-11H2,1-3H3/b9-8+/t16-,17-/m1/s1. The lowest BCUT2D eigenvalue weighted by Gasteiger charge is -2.24. The van der Waals surface area contributed by atoms with Crippen LogP contribution in [0.1, 0.15) is 43.7 Å². The second kappa shape index (κ2) is 9.09. The highest BCUT2D eigenvalue weighted by molar-refractivity contribution is 9.10. The number of rotatable bonds is 5. The molecule has 0 aromatic heterocycles. The van der Waals surface area contributed by atoms with E-state index in [1.54, 1.807) is 25.3 Å². The van der Waals surface area contributed by atoms with Gasteiger partial charge in [-0.1, -0.05) is 32.1 Å². The Morgan fingerprint density at radius 3 is 2.59 bits per heavy atom. The van der Waals surface area contributed by atoms with Crippen molar-refractivity contribution in [2.45, 2.75) is 44.8 Å². The summed E-state index contributed by atoms with van der Waals surface area (Å²) < 4.78 is 25.3. The van der Waals surface area contributed by atoms with Crippen molar-refractivity contribution >= 4 is 28.0 Å². The summed E-state index contributed by atoms with van der Waals surface area (Å²) in [5.74, 6) is 0.124. The number of aliphatic hydroxyl groups excluding tert-OH is 1. The third kappa shape index (κ3) is 4.87. The summed E-state index contributed by atoms with van der Waals surface area (Å²) in [5, 5.41) is 9.87. The molecular weight excluding hydrogens is 439 g/mol. The van der Waals surface area contributed by atoms with Crippen molar-refractivity contribution in [3.05, 3.63) is 57.8 Å². The number of methoxy groups -OCH3 is 1. The lowest BCUT2D eigenvalue weighted by atomic mass is 9.88. The van der Waals surface area contributed by atoms with Crippen molar-refractivity contribution in [1.29, 1.82) is 0 Å². The Kier molecular flexibility index (Phi) is 6.75. The highest BCUT2D eigenvalue weighted by Gasteiger charge is 2.26. The number of carbonyl (C=O) groups is 1. The zero-order valence-electron chi connectivity index (χ0n) is 16.6. The molecule has 0 spiro atoms. The quantitative estimate of drug-likeness (QED) is 0.598. The molecule has 3 rings (SSSR count). The van der Waals surface area contributed by atoms with Crippen LogP contribution in [-0.4, -0.2) is 30.4 Å². The molecule has 29 heavy (non-hydrogen) atoms. The van der Waals surface area contributed by atoms with E-state index >= 15 is 0 Å². The summed E-state index contributed by atoms with van der Waals surface area (Å²) in [5.41, 5.74) is 3.61. The van der Waals surface area contributed by atoms with Crippen LogP contribution in [0.4, 0.5) is 4.39 Å². The fourth-order valence-corrected chi connectivity index (χ4v) is 4.16. The van der Waals surface area contributed by atoms with Crippen molar-refractivity contribution in [2.24, 2.45) is 0 Å². The fraction of sp³-hybridized carbons (Fsp3) is 0.348. The van der Waals surface area contributed by atoms with Gasteiger partial charge >= 0.3 is 5.97 Å². The summed E-state index contributed by atoms with van der Waals surface area (Å²) in [6.45, 7) is 4.18. The first-order chi connectivity index (χ1) is 13.8. The van der Waals surface area contributed by atoms with Crippen molar-refractivity contribution in [1.82, 2.24) is 0 Å². The molecule has 4 nitrogen and oxygen atoms in total. The molecule has 0 saturated carbocycles. The van der Waals surface area contributed by atoms with Crippen LogP contribution in [0.3, 0.4) is 0 Å². The van der Waals surface area contributed by atoms with E-state index in [0.717, 1.165) is 26.7 Å². The number of benzene rings is 2. The lowest BCUT2D eigenvalue weighted by Crippen LogP contribution is -2.31. The van der Waals surface area contributed by atoms with E-state index in [2.05, 4.69) is 29.8 Å². The summed E-state index contributed by atoms with van der Waals surface area (Å²) in [7, 11) is 1.59. The van der Waals surface area contributed by atoms with Gasteiger partial charge in [0.1, 0.15) is 17.7 Å². The molecule has 6 heteroatoms. The summed E-state index contributed by atoms with van der Waals surface area (Å²) in [6.07, 6.45) is 2.88. The van der Waals surface area contributed by atoms with Crippen LogP contribution in [0.2, 0.25) is 0 Å². The maximum Gasteiger partial charge on any atom is 0.309 e. The van der Waals surface area contributed by atoms with Crippen LogP contribution >= 0.6 is 15.9 Å². The number of carbonyl (C=O) groups excluding carboxylic acids is 1. The van der Waals surface area contributed by atoms with E-state index in [-0.39, 0.29) is 18.2 Å². The summed E-state index contributed by atoms with van der Waals surface area (Å²) in [4.78, 5) is 11.7. The molecule has 0 radical (unpaired) electrons. The zero-order chi connectivity index (χ0) is 21.1. The van der Waals surface area contributed by atoms with E-state index in [0.29, 0.717) is 12.2 Å². The van der Waals surface area contributed by atoms with Crippen LogP contribution < -0.4 is 4.74 Å². The Balaban J connectivity index is 2.16. The highest BCUT2D eigenvalue weighted by Crippen LogP contribution is 2.43. The average Bonchev–Trinajstić information content (AvgIpc) is 2.66. The van der Waals surface area contributed by atoms with E-state index in [1.807, 2.05) is 12.1 Å². The van der Waals surface area contributed by atoms with Gasteiger partial charge in [-0.3, -0.25) is 4.79 Å². The number of esters is 1. The molecule has 0 amide bonds. The number of aliphatic hydroxyl groups is 1. The molecule has 1 fully saturated rings. The molecule has 1 N–H and O–H groups in total. The van der Waals surface area contributed by atoms with Crippen LogP contribution in [0.15, 0.2) is 40.9 Å². The largest absolute Gasteiger partial charge is 0.495 e.